The first-order valence-electron chi connectivity index (χ1n) is 35.1. The van der Waals surface area contributed by atoms with Gasteiger partial charge in [0.15, 0.2) is 11.6 Å². The molecule has 2 aromatic carbocycles. The number of pyridine rings is 4. The molecule has 6 N–H and O–H groups in total. The number of nitrogens with two attached hydrogens (primary N) is 1. The molecule has 0 amide bonds. The quantitative estimate of drug-likeness (QED) is 0.0141. The highest BCUT2D eigenvalue weighted by Gasteiger charge is 2.64. The Morgan fingerprint density at radius 3 is 1.22 bits per heavy atom. The summed E-state index contributed by atoms with van der Waals surface area (Å²) in [6.07, 6.45) is 2.83. The Morgan fingerprint density at radius 2 is 0.825 bits per heavy atom. The summed E-state index contributed by atoms with van der Waals surface area (Å²) >= 11 is 23.6. The first-order valence-corrected chi connectivity index (χ1v) is 41.8. The van der Waals surface area contributed by atoms with Crippen LogP contribution in [0.4, 0.5) is 104 Å². The summed E-state index contributed by atoms with van der Waals surface area (Å²) in [6, 6.07) is 27.2. The summed E-state index contributed by atoms with van der Waals surface area (Å²) in [7, 11) is 0.673. The van der Waals surface area contributed by atoms with Gasteiger partial charge in [-0.25, -0.2) is 45.1 Å². The molecule has 16 rings (SSSR count). The van der Waals surface area contributed by atoms with Crippen molar-refractivity contribution in [3.05, 3.63) is 150 Å². The number of nitrogens with one attached hydrogen (secondary N) is 4. The molecule has 42 heteroatoms. The number of nitrogen functional groups attached to an aromatic ring is 1. The van der Waals surface area contributed by atoms with E-state index in [0.29, 0.717) is 112 Å². The molecule has 0 atom stereocenters. The summed E-state index contributed by atoms with van der Waals surface area (Å²) in [5.41, 5.74) is 6.87. The number of nitro groups is 2. The van der Waals surface area contributed by atoms with Crippen LogP contribution in [0.25, 0.3) is 0 Å². The van der Waals surface area contributed by atoms with Crippen LogP contribution in [-0.2, 0) is 9.13 Å². The number of para-hydroxylation sites is 2. The molecule has 4 saturated heterocycles. The molecule has 4 saturated carbocycles. The average molecular weight is 1710 g/mol. The molecule has 6 aromatic heterocycles. The van der Waals surface area contributed by atoms with Gasteiger partial charge in [0, 0.05) is 148 Å². The van der Waals surface area contributed by atoms with Crippen molar-refractivity contribution in [2.45, 2.75) is 75.1 Å². The molecule has 8 aliphatic rings. The summed E-state index contributed by atoms with van der Waals surface area (Å²) in [4.78, 5) is 58.7. The molecular weight excluding hydrogens is 1630 g/mol. The standard InChI is InChI=1S/C24H26ClF2N6O2P.C12H12Cl2N3OP.C12H13F2N3O3.C12H15F2N3O.C6H5ClN2O3.C6H9F2N/c1-35-21-17(8-9-19(31-21)33-13-23(14-33)11-24(26,27)12-23)30-22-28-10-15(25)20(32-22)29-16-6-4-5-7-18(16)36(2,3)34;1-19(2,18)10-6-4-3-5-9(10)16-11-8(13)7-15-12(14)17-11;1-20-10-8(17(18)19)2-3-9(15-10)16-6-11(7-16)4-12(13,14)5-11;1-18-10-8(15)2-3-9(16-10)17-6-11(7-17)4-12(13,14)5-11;1-12-6-4(9(10)11)2-3-5(7)8-6;7-6(8)1-5(2-6)3-9-4-5/h4-10H,11-14H2,1-3H3,(H2,28,29,30,32);3-7H,1-2H3,(H,15,16,17);2-3H,4-7H2,1H3;2-3H,4-7,15H2,1H3;2-3H,1H3;9H,1-4H2. The maximum absolute atomic E-state index is 13.3. The third kappa shape index (κ3) is 20.4. The van der Waals surface area contributed by atoms with Crippen LogP contribution in [0.2, 0.25) is 20.5 Å². The van der Waals surface area contributed by atoms with Gasteiger partial charge in [0.05, 0.1) is 67.7 Å². The molecule has 0 unspecified atom stereocenters. The Labute approximate surface area is 669 Å². The van der Waals surface area contributed by atoms with Crippen molar-refractivity contribution in [2.24, 2.45) is 21.7 Å². The van der Waals surface area contributed by atoms with Gasteiger partial charge in [-0.3, -0.25) is 20.2 Å². The van der Waals surface area contributed by atoms with Crippen LogP contribution in [0, 0.1) is 41.9 Å². The number of nitrogens with zero attached hydrogens (tertiary/aromatic N) is 13. The molecule has 8 fully saturated rings. The fraction of sp³-hybridized carbons (Fsp3) is 0.444. The zero-order valence-corrected chi connectivity index (χ0v) is 67.4. The van der Waals surface area contributed by atoms with E-state index in [2.05, 4.69) is 65.9 Å². The van der Waals surface area contributed by atoms with Crippen LogP contribution in [0.5, 0.6) is 23.5 Å². The zero-order valence-electron chi connectivity index (χ0n) is 62.6. The lowest BCUT2D eigenvalue weighted by Gasteiger charge is -2.59. The third-order valence-electron chi connectivity index (χ3n) is 19.9. The number of rotatable bonds is 17. The van der Waals surface area contributed by atoms with Crippen LogP contribution in [0.15, 0.2) is 109 Å². The normalized spacial score (nSPS) is 18.9. The predicted molar refractivity (Wildman–Crippen MR) is 422 cm³/mol. The highest BCUT2D eigenvalue weighted by molar-refractivity contribution is 7.70. The van der Waals surface area contributed by atoms with Gasteiger partial charge in [-0.05, 0) is 98.9 Å². The number of anilines is 10. The second-order valence-corrected chi connectivity index (χ2v) is 38.1. The average Bonchev–Trinajstić information content (AvgIpc) is 0.754. The minimum Gasteiger partial charge on any atom is -0.479 e. The van der Waals surface area contributed by atoms with Crippen LogP contribution >= 0.6 is 60.7 Å². The molecule has 612 valence electrons. The number of hydrogen-bond donors (Lipinski definition) is 5. The van der Waals surface area contributed by atoms with Crippen molar-refractivity contribution in [3.8, 4) is 23.5 Å². The largest absolute Gasteiger partial charge is 0.479 e. The topological polar surface area (TPSA) is 344 Å². The molecule has 10 heterocycles. The second-order valence-electron chi connectivity index (χ2n) is 30.2. The minimum absolute atomic E-state index is 0.00259. The molecule has 4 aliphatic heterocycles. The lowest BCUT2D eigenvalue weighted by molar-refractivity contribution is -0.386. The fourth-order valence-corrected chi connectivity index (χ4v) is 17.9. The van der Waals surface area contributed by atoms with Crippen LogP contribution in [-0.4, -0.2) is 181 Å². The lowest BCUT2D eigenvalue weighted by atomic mass is 9.61. The van der Waals surface area contributed by atoms with E-state index < -0.39 is 47.8 Å². The van der Waals surface area contributed by atoms with Gasteiger partial charge < -0.3 is 69.8 Å². The SMILES string of the molecule is COc1nc(Cl)ccc1[N+](=O)[O-].COc1nc(N2CC3(C2)CC(F)(F)C3)ccc1N.COc1nc(N2CC3(C2)CC(F)(F)C3)ccc1Nc1ncc(Cl)c(Nc2ccccc2P(C)(C)=O)n1.COc1nc(N2CC3(C2)CC(F)(F)C3)ccc1[N+](=O)[O-].CP(C)(=O)c1ccccc1Nc1nc(Cl)ncc1Cl.FC1(F)CC2(CNC2)C1. The molecular formula is C72H80Cl4F8N18O10P2. The highest BCUT2D eigenvalue weighted by Crippen LogP contribution is 2.60. The van der Waals surface area contributed by atoms with Crippen molar-refractivity contribution in [1.29, 1.82) is 0 Å². The zero-order chi connectivity index (χ0) is 82.9. The van der Waals surface area contributed by atoms with E-state index in [1.54, 1.807) is 50.9 Å². The summed E-state index contributed by atoms with van der Waals surface area (Å²) in [5, 5.41) is 35.7. The van der Waals surface area contributed by atoms with E-state index in [4.69, 9.17) is 66.3 Å². The van der Waals surface area contributed by atoms with Crippen molar-refractivity contribution < 1.29 is 73.0 Å². The summed E-state index contributed by atoms with van der Waals surface area (Å²) < 4.78 is 148. The van der Waals surface area contributed by atoms with Crippen molar-refractivity contribution >= 4 is 140 Å². The maximum Gasteiger partial charge on any atom is 0.331 e. The predicted octanol–water partition coefficient (Wildman–Crippen LogP) is 16.1. The Balaban J connectivity index is 0.000000142. The summed E-state index contributed by atoms with van der Waals surface area (Å²) in [6.45, 7) is 11.9. The Morgan fingerprint density at radius 1 is 0.456 bits per heavy atom. The second kappa shape index (κ2) is 33.2. The number of aromatic nitrogens is 8. The van der Waals surface area contributed by atoms with Crippen molar-refractivity contribution in [3.63, 3.8) is 0 Å². The number of methoxy groups -OCH3 is 4. The van der Waals surface area contributed by atoms with Gasteiger partial charge in [-0.2, -0.15) is 29.9 Å². The van der Waals surface area contributed by atoms with Crippen molar-refractivity contribution in [1.82, 2.24) is 45.2 Å². The number of ether oxygens (including phenoxy) is 4. The van der Waals surface area contributed by atoms with Crippen LogP contribution in [0.1, 0.15) is 51.4 Å². The van der Waals surface area contributed by atoms with E-state index in [-0.39, 0.29) is 113 Å². The minimum atomic E-state index is -2.54. The fourth-order valence-electron chi connectivity index (χ4n) is 15.0. The van der Waals surface area contributed by atoms with Gasteiger partial charge in [-0.15, -0.1) is 0 Å². The summed E-state index contributed by atoms with van der Waals surface area (Å²) in [5.74, 6) is -6.38. The van der Waals surface area contributed by atoms with E-state index in [9.17, 15) is 64.5 Å². The van der Waals surface area contributed by atoms with Gasteiger partial charge in [0.1, 0.15) is 52.6 Å². The number of hydrogen-bond acceptors (Lipinski definition) is 26. The molecule has 28 nitrogen and oxygen atoms in total. The number of benzene rings is 2. The van der Waals surface area contributed by atoms with E-state index >= 15 is 0 Å². The smallest absolute Gasteiger partial charge is 0.331 e. The third-order valence-corrected chi connectivity index (χ3v) is 23.9. The Hall–Kier alpha value is -9.18. The highest BCUT2D eigenvalue weighted by atomic mass is 35.5. The maximum atomic E-state index is 13.3. The van der Waals surface area contributed by atoms with Crippen LogP contribution in [0.3, 0.4) is 0 Å². The monoisotopic (exact) mass is 1710 g/mol. The first-order chi connectivity index (χ1) is 53.4. The lowest BCUT2D eigenvalue weighted by Crippen LogP contribution is -2.66. The van der Waals surface area contributed by atoms with Gasteiger partial charge >= 0.3 is 11.4 Å². The van der Waals surface area contributed by atoms with Gasteiger partial charge in [0.25, 0.3) is 11.8 Å². The molecule has 0 radical (unpaired) electrons. The van der Waals surface area contributed by atoms with Crippen molar-refractivity contribution in [2.75, 3.05) is 144 Å². The van der Waals surface area contributed by atoms with E-state index in [1.807, 2.05) is 63.2 Å². The number of halogens is 12. The van der Waals surface area contributed by atoms with Gasteiger partial charge in [-0.1, -0.05) is 59.1 Å². The first kappa shape index (κ1) is 85.7. The molecule has 4 spiro atoms. The molecule has 114 heavy (non-hydrogen) atoms. The molecule has 0 bridgehead atoms. The number of alkyl halides is 8. The van der Waals surface area contributed by atoms with E-state index in [0.717, 1.165) is 24.2 Å². The molecule has 8 aromatic rings. The molecule has 4 aliphatic carbocycles. The Bertz CT molecular complexity index is 4970. The Kier molecular flexibility index (Phi) is 25.0. The van der Waals surface area contributed by atoms with E-state index in [1.165, 1.54) is 65.1 Å². The van der Waals surface area contributed by atoms with Crippen LogP contribution < -0.4 is 71.3 Å². The van der Waals surface area contributed by atoms with Gasteiger partial charge in [0.2, 0.25) is 46.7 Å².